The van der Waals surface area contributed by atoms with Gasteiger partial charge in [-0.3, -0.25) is 4.79 Å². The summed E-state index contributed by atoms with van der Waals surface area (Å²) in [6.45, 7) is 8.77. The predicted molar refractivity (Wildman–Crippen MR) is 65.2 cm³/mol. The minimum Gasteiger partial charge on any atom is -0.345 e. The van der Waals surface area contributed by atoms with E-state index in [9.17, 15) is 4.79 Å². The van der Waals surface area contributed by atoms with Crippen molar-refractivity contribution in [3.8, 4) is 0 Å². The molecule has 2 heterocycles. The monoisotopic (exact) mass is 224 g/mol. The van der Waals surface area contributed by atoms with Crippen molar-refractivity contribution in [1.29, 1.82) is 0 Å². The molecule has 0 N–H and O–H groups in total. The molecule has 0 aromatic heterocycles. The fourth-order valence-electron chi connectivity index (χ4n) is 3.27. The average molecular weight is 224 g/mol. The topological polar surface area (TPSA) is 23.6 Å². The van der Waals surface area contributed by atoms with Gasteiger partial charge in [0.05, 0.1) is 5.41 Å². The number of amides is 1. The summed E-state index contributed by atoms with van der Waals surface area (Å²) >= 11 is 0. The highest BCUT2D eigenvalue weighted by atomic mass is 16.2. The van der Waals surface area contributed by atoms with E-state index in [1.165, 1.54) is 13.0 Å². The molecule has 0 aromatic carbocycles. The van der Waals surface area contributed by atoms with Gasteiger partial charge in [0.15, 0.2) is 0 Å². The minimum atomic E-state index is -0.0259. The summed E-state index contributed by atoms with van der Waals surface area (Å²) in [6, 6.07) is 0. The molecule has 0 radical (unpaired) electrons. The summed E-state index contributed by atoms with van der Waals surface area (Å²) in [5, 5.41) is 0. The Balaban J connectivity index is 2.03. The van der Waals surface area contributed by atoms with Crippen molar-refractivity contribution in [1.82, 2.24) is 9.80 Å². The maximum Gasteiger partial charge on any atom is 0.229 e. The van der Waals surface area contributed by atoms with Crippen LogP contribution >= 0.6 is 0 Å². The van der Waals surface area contributed by atoms with E-state index in [1.807, 2.05) is 11.9 Å². The van der Waals surface area contributed by atoms with Crippen LogP contribution in [0.2, 0.25) is 0 Å². The smallest absolute Gasteiger partial charge is 0.229 e. The number of hydrogen-bond donors (Lipinski definition) is 0. The van der Waals surface area contributed by atoms with Crippen LogP contribution in [0.5, 0.6) is 0 Å². The highest BCUT2D eigenvalue weighted by Gasteiger charge is 2.47. The number of carbonyl (C=O) groups excluding carboxylic acids is 1. The number of piperidine rings is 1. The maximum absolute atomic E-state index is 12.2. The zero-order valence-electron chi connectivity index (χ0n) is 10.8. The second-order valence-electron chi connectivity index (χ2n) is 5.99. The van der Waals surface area contributed by atoms with Gasteiger partial charge in [-0.1, -0.05) is 13.8 Å². The van der Waals surface area contributed by atoms with Crippen molar-refractivity contribution in [2.45, 2.75) is 33.1 Å². The summed E-state index contributed by atoms with van der Waals surface area (Å²) in [5.41, 5.74) is -0.0259. The molecular formula is C13H24N2O. The van der Waals surface area contributed by atoms with Crippen LogP contribution in [0.15, 0.2) is 0 Å². The second-order valence-corrected chi connectivity index (χ2v) is 5.99. The van der Waals surface area contributed by atoms with Gasteiger partial charge in [-0.25, -0.2) is 0 Å². The number of nitrogens with zero attached hydrogens (tertiary/aromatic N) is 2. The van der Waals surface area contributed by atoms with Crippen LogP contribution in [-0.2, 0) is 4.79 Å². The van der Waals surface area contributed by atoms with Gasteiger partial charge in [0.2, 0.25) is 5.91 Å². The number of hydrogen-bond acceptors (Lipinski definition) is 2. The third-order valence-corrected chi connectivity index (χ3v) is 4.01. The molecule has 2 rings (SSSR count). The van der Waals surface area contributed by atoms with Gasteiger partial charge in [-0.05, 0) is 31.7 Å². The van der Waals surface area contributed by atoms with Crippen LogP contribution in [0.1, 0.15) is 33.1 Å². The van der Waals surface area contributed by atoms with Gasteiger partial charge >= 0.3 is 0 Å². The van der Waals surface area contributed by atoms with Gasteiger partial charge in [-0.2, -0.15) is 0 Å². The first-order chi connectivity index (χ1) is 7.53. The molecule has 1 amide bonds. The molecule has 16 heavy (non-hydrogen) atoms. The lowest BCUT2D eigenvalue weighted by molar-refractivity contribution is -0.137. The van der Waals surface area contributed by atoms with Crippen molar-refractivity contribution >= 4 is 5.91 Å². The molecule has 2 fully saturated rings. The van der Waals surface area contributed by atoms with Crippen molar-refractivity contribution in [3.05, 3.63) is 0 Å². The van der Waals surface area contributed by atoms with E-state index < -0.39 is 0 Å². The second kappa shape index (κ2) is 4.36. The fraction of sp³-hybridized carbons (Fsp3) is 0.923. The van der Waals surface area contributed by atoms with E-state index in [1.54, 1.807) is 0 Å². The number of carbonyl (C=O) groups is 1. The first-order valence-electron chi connectivity index (χ1n) is 6.51. The quantitative estimate of drug-likeness (QED) is 0.711. The molecule has 92 valence electrons. The lowest BCUT2D eigenvalue weighted by Gasteiger charge is -2.39. The molecule has 1 spiro atoms. The fourth-order valence-corrected chi connectivity index (χ4v) is 3.27. The molecule has 1 atom stereocenters. The van der Waals surface area contributed by atoms with Crippen LogP contribution in [-0.4, -0.2) is 48.9 Å². The van der Waals surface area contributed by atoms with Gasteiger partial charge in [0, 0.05) is 26.7 Å². The standard InChI is InChI=1S/C13H24N2O/c1-11(2)9-15-7-4-5-13(10-15)6-8-14(3)12(13)16/h11H,4-10H2,1-3H3/t13-/m0/s1. The third-order valence-electron chi connectivity index (χ3n) is 4.01. The van der Waals surface area contributed by atoms with E-state index in [-0.39, 0.29) is 5.41 Å². The normalized spacial score (nSPS) is 32.0. The van der Waals surface area contributed by atoms with Crippen molar-refractivity contribution in [3.63, 3.8) is 0 Å². The Morgan fingerprint density at radius 1 is 1.31 bits per heavy atom. The van der Waals surface area contributed by atoms with E-state index in [4.69, 9.17) is 0 Å². The average Bonchev–Trinajstić information content (AvgIpc) is 2.47. The molecule has 3 heteroatoms. The van der Waals surface area contributed by atoms with Crippen LogP contribution in [0.25, 0.3) is 0 Å². The van der Waals surface area contributed by atoms with E-state index in [0.29, 0.717) is 11.8 Å². The summed E-state index contributed by atoms with van der Waals surface area (Å²) in [5.74, 6) is 1.09. The molecular weight excluding hydrogens is 200 g/mol. The molecule has 0 bridgehead atoms. The molecule has 0 unspecified atom stereocenters. The Hall–Kier alpha value is -0.570. The zero-order valence-corrected chi connectivity index (χ0v) is 10.8. The largest absolute Gasteiger partial charge is 0.345 e. The van der Waals surface area contributed by atoms with E-state index >= 15 is 0 Å². The summed E-state index contributed by atoms with van der Waals surface area (Å²) < 4.78 is 0. The Labute approximate surface area is 98.8 Å². The SMILES string of the molecule is CC(C)CN1CCC[C@]2(CCN(C)C2=O)C1. The van der Waals surface area contributed by atoms with E-state index in [2.05, 4.69) is 18.7 Å². The summed E-state index contributed by atoms with van der Waals surface area (Å²) in [7, 11) is 1.94. The highest BCUT2D eigenvalue weighted by Crippen LogP contribution is 2.39. The highest BCUT2D eigenvalue weighted by molar-refractivity contribution is 5.85. The summed E-state index contributed by atoms with van der Waals surface area (Å²) in [6.07, 6.45) is 3.36. The Bertz CT molecular complexity index is 273. The molecule has 0 saturated carbocycles. The van der Waals surface area contributed by atoms with Gasteiger partial charge in [-0.15, -0.1) is 0 Å². The summed E-state index contributed by atoms with van der Waals surface area (Å²) in [4.78, 5) is 16.6. The van der Waals surface area contributed by atoms with Crippen LogP contribution in [0.4, 0.5) is 0 Å². The number of likely N-dealkylation sites (tertiary alicyclic amines) is 2. The van der Waals surface area contributed by atoms with Crippen LogP contribution in [0, 0.1) is 11.3 Å². The molecule has 2 saturated heterocycles. The third kappa shape index (κ3) is 2.10. The Morgan fingerprint density at radius 3 is 2.62 bits per heavy atom. The Kier molecular flexibility index (Phi) is 3.24. The van der Waals surface area contributed by atoms with Crippen LogP contribution in [0.3, 0.4) is 0 Å². The molecule has 0 aliphatic carbocycles. The minimum absolute atomic E-state index is 0.0259. The molecule has 3 nitrogen and oxygen atoms in total. The maximum atomic E-state index is 12.2. The predicted octanol–water partition coefficient (Wildman–Crippen LogP) is 1.59. The molecule has 2 aliphatic heterocycles. The van der Waals surface area contributed by atoms with Crippen molar-refractivity contribution in [2.24, 2.45) is 11.3 Å². The first-order valence-corrected chi connectivity index (χ1v) is 6.51. The molecule has 0 aromatic rings. The Morgan fingerprint density at radius 2 is 2.06 bits per heavy atom. The zero-order chi connectivity index (χ0) is 11.8. The lowest BCUT2D eigenvalue weighted by Crippen LogP contribution is -2.48. The lowest BCUT2D eigenvalue weighted by atomic mass is 9.78. The van der Waals surface area contributed by atoms with E-state index in [0.717, 1.165) is 32.5 Å². The van der Waals surface area contributed by atoms with Crippen molar-refractivity contribution in [2.75, 3.05) is 33.2 Å². The first kappa shape index (κ1) is 11.9. The number of rotatable bonds is 2. The van der Waals surface area contributed by atoms with Crippen molar-refractivity contribution < 1.29 is 4.79 Å². The van der Waals surface area contributed by atoms with Gasteiger partial charge in [0.25, 0.3) is 0 Å². The molecule has 2 aliphatic rings. The van der Waals surface area contributed by atoms with Gasteiger partial charge in [0.1, 0.15) is 0 Å². The van der Waals surface area contributed by atoms with Gasteiger partial charge < -0.3 is 9.80 Å². The van der Waals surface area contributed by atoms with Crippen LogP contribution < -0.4 is 0 Å².